The highest BCUT2D eigenvalue weighted by Gasteiger charge is 2.49. The predicted octanol–water partition coefficient (Wildman–Crippen LogP) is -3.91. The second-order valence-electron chi connectivity index (χ2n) is 13.3. The van der Waals surface area contributed by atoms with Crippen molar-refractivity contribution in [3.8, 4) is 40.1 Å². The van der Waals surface area contributed by atoms with Crippen molar-refractivity contribution in [2.45, 2.75) is 99.0 Å². The fourth-order valence-corrected chi connectivity index (χ4v) is 6.35. The predicted molar refractivity (Wildman–Crippen MR) is 178 cm³/mol. The summed E-state index contributed by atoms with van der Waals surface area (Å²) in [5.74, 6) is -2.47. The van der Waals surface area contributed by atoms with E-state index in [0.717, 1.165) is 12.1 Å². The van der Waals surface area contributed by atoms with E-state index in [4.69, 9.17) is 37.6 Å². The quantitative estimate of drug-likeness (QED) is 0.0934. The van der Waals surface area contributed by atoms with Crippen LogP contribution in [-0.2, 0) is 18.9 Å². The van der Waals surface area contributed by atoms with Crippen molar-refractivity contribution in [3.05, 3.63) is 40.6 Å². The smallest absolute Gasteiger partial charge is 0.239 e. The van der Waals surface area contributed by atoms with Crippen LogP contribution in [0.5, 0.6) is 28.7 Å². The topological polar surface area (TPSA) is 338 Å². The van der Waals surface area contributed by atoms with Gasteiger partial charge in [0, 0.05) is 17.7 Å². The van der Waals surface area contributed by atoms with E-state index in [9.17, 15) is 66.1 Å². The first-order valence-corrected chi connectivity index (χ1v) is 16.9. The van der Waals surface area contributed by atoms with E-state index in [0.29, 0.717) is 0 Å². The van der Waals surface area contributed by atoms with Crippen molar-refractivity contribution >= 4 is 11.0 Å². The van der Waals surface area contributed by atoms with Crippen molar-refractivity contribution in [1.29, 1.82) is 0 Å². The maximum absolute atomic E-state index is 14.2. The zero-order chi connectivity index (χ0) is 40.0. The van der Waals surface area contributed by atoms with Gasteiger partial charge in [-0.2, -0.15) is 0 Å². The van der Waals surface area contributed by atoms with Gasteiger partial charge in [-0.05, 0) is 25.1 Å². The summed E-state index contributed by atoms with van der Waals surface area (Å²) in [4.78, 5) is 14.2. The first-order valence-electron chi connectivity index (χ1n) is 16.9. The lowest BCUT2D eigenvalue weighted by Gasteiger charge is -2.42. The lowest BCUT2D eigenvalue weighted by Crippen LogP contribution is -2.62. The Morgan fingerprint density at radius 3 is 1.93 bits per heavy atom. The first-order chi connectivity index (χ1) is 26.1. The zero-order valence-corrected chi connectivity index (χ0v) is 29.0. The lowest BCUT2D eigenvalue weighted by molar-refractivity contribution is -0.323. The first kappa shape index (κ1) is 40.7. The Morgan fingerprint density at radius 2 is 1.27 bits per heavy atom. The normalized spacial score (nSPS) is 36.8. The Labute approximate surface area is 309 Å². The molecule has 21 nitrogen and oxygen atoms in total. The summed E-state index contributed by atoms with van der Waals surface area (Å²) in [5, 5.41) is 124. The molecule has 6 rings (SSSR count). The van der Waals surface area contributed by atoms with E-state index >= 15 is 0 Å². The van der Waals surface area contributed by atoms with Crippen LogP contribution in [0, 0.1) is 0 Å². The number of aromatic hydroxyl groups is 2. The van der Waals surface area contributed by atoms with Gasteiger partial charge in [-0.1, -0.05) is 0 Å². The molecule has 0 radical (unpaired) electrons. The summed E-state index contributed by atoms with van der Waals surface area (Å²) in [6.07, 6.45) is -25.1. The van der Waals surface area contributed by atoms with Crippen molar-refractivity contribution in [2.24, 2.45) is 0 Å². The Kier molecular flexibility index (Phi) is 12.1. The minimum absolute atomic E-state index is 0.0276. The molecule has 0 amide bonds. The Balaban J connectivity index is 1.34. The number of rotatable bonds is 10. The average Bonchev–Trinajstić information content (AvgIpc) is 3.16. The molecular formula is C34H42O21. The maximum Gasteiger partial charge on any atom is 0.239 e. The standard InChI is InChI=1S/C34H42O21/c1-10-20(38)24(42)28(46)33(50-10)51-12-6-14(37)19-16(7-12)52-30(11-3-4-13(36)15(5-11)48-2)31(23(19)41)55-34-29(47)26(44)22(40)18(54-34)9-49-32-27(45)25(43)21(39)17(8-35)53-32/h3-7,10,17-18,20-22,24-29,32-40,42-47H,8-9H2,1-2H3/t10-,17+,18+,20-,21+,22+,24+,25-,26-,27+,28+,29+,32+,33-,34-/m0/s1. The molecule has 3 aliphatic rings. The molecule has 3 aliphatic heterocycles. The highest BCUT2D eigenvalue weighted by Crippen LogP contribution is 2.40. The van der Waals surface area contributed by atoms with Crippen LogP contribution in [0.3, 0.4) is 0 Å². The summed E-state index contributed by atoms with van der Waals surface area (Å²) in [5.41, 5.74) is -1.38. The third-order valence-corrected chi connectivity index (χ3v) is 9.58. The third-order valence-electron chi connectivity index (χ3n) is 9.58. The number of phenolic OH excluding ortho intramolecular Hbond substituents is 2. The minimum Gasteiger partial charge on any atom is -0.507 e. The molecule has 0 spiro atoms. The van der Waals surface area contributed by atoms with Crippen molar-refractivity contribution < 1.29 is 98.9 Å². The Bertz CT molecular complexity index is 1870. The van der Waals surface area contributed by atoms with Gasteiger partial charge in [-0.3, -0.25) is 4.79 Å². The fourth-order valence-electron chi connectivity index (χ4n) is 6.35. The summed E-state index contributed by atoms with van der Waals surface area (Å²) < 4.78 is 44.6. The second-order valence-corrected chi connectivity index (χ2v) is 13.3. The number of ether oxygens (including phenoxy) is 7. The van der Waals surface area contributed by atoms with Crippen molar-refractivity contribution in [1.82, 2.24) is 0 Å². The molecule has 0 aliphatic carbocycles. The number of benzene rings is 2. The van der Waals surface area contributed by atoms with Crippen LogP contribution >= 0.6 is 0 Å². The van der Waals surface area contributed by atoms with Crippen molar-refractivity contribution in [2.75, 3.05) is 20.3 Å². The van der Waals surface area contributed by atoms with Gasteiger partial charge in [-0.15, -0.1) is 0 Å². The van der Waals surface area contributed by atoms with Crippen LogP contribution in [0.15, 0.2) is 39.5 Å². The Morgan fingerprint density at radius 1 is 0.673 bits per heavy atom. The molecule has 15 atom stereocenters. The minimum atomic E-state index is -2.04. The third kappa shape index (κ3) is 7.77. The van der Waals surface area contributed by atoms with Gasteiger partial charge >= 0.3 is 0 Å². The van der Waals surface area contributed by atoms with Gasteiger partial charge in [-0.25, -0.2) is 0 Å². The average molecular weight is 787 g/mol. The highest BCUT2D eigenvalue weighted by molar-refractivity contribution is 5.88. The van der Waals surface area contributed by atoms with Gasteiger partial charge in [0.1, 0.15) is 89.6 Å². The van der Waals surface area contributed by atoms with Crippen LogP contribution in [-0.4, -0.2) is 174 Å². The molecular weight excluding hydrogens is 744 g/mol. The number of phenols is 2. The van der Waals surface area contributed by atoms with E-state index < -0.39 is 133 Å². The van der Waals surface area contributed by atoms with E-state index in [2.05, 4.69) is 0 Å². The molecule has 55 heavy (non-hydrogen) atoms. The monoisotopic (exact) mass is 786 g/mol. The maximum atomic E-state index is 14.2. The number of aliphatic hydroxyl groups excluding tert-OH is 10. The number of hydrogen-bond donors (Lipinski definition) is 12. The molecule has 1 aromatic heterocycles. The van der Waals surface area contributed by atoms with Gasteiger partial charge in [0.2, 0.25) is 23.8 Å². The van der Waals surface area contributed by atoms with E-state index in [1.807, 2.05) is 0 Å². The van der Waals surface area contributed by atoms with E-state index in [-0.39, 0.29) is 28.4 Å². The summed E-state index contributed by atoms with van der Waals surface area (Å²) in [6.45, 7) is -0.0392. The largest absolute Gasteiger partial charge is 0.507 e. The van der Waals surface area contributed by atoms with Crippen LogP contribution in [0.1, 0.15) is 6.92 Å². The SMILES string of the molecule is COc1cc(-c2oc3cc(O[C@@H]4O[C@@H](C)[C@H](O)[C@@H](O)[C@H]4O)cc(O)c3c(=O)c2O[C@@H]2O[C@H](CO[C@@H]3O[C@H](CO)[C@@H](O)[C@H](O)[C@H]3O)[C@@H](O)[C@H](O)[C@H]2O)ccc1O. The molecule has 304 valence electrons. The number of methoxy groups -OCH3 is 1. The van der Waals surface area contributed by atoms with Gasteiger partial charge in [0.05, 0.1) is 26.4 Å². The van der Waals surface area contributed by atoms with Gasteiger partial charge in [0.15, 0.2) is 23.5 Å². The van der Waals surface area contributed by atoms with Crippen molar-refractivity contribution in [3.63, 3.8) is 0 Å². The van der Waals surface area contributed by atoms with Crippen LogP contribution in [0.4, 0.5) is 0 Å². The number of fused-ring (bicyclic) bond motifs is 1. The van der Waals surface area contributed by atoms with Gasteiger partial charge in [0.25, 0.3) is 0 Å². The molecule has 3 aromatic rings. The van der Waals surface area contributed by atoms with E-state index in [1.165, 1.54) is 32.2 Å². The summed E-state index contributed by atoms with van der Waals surface area (Å²) in [7, 11) is 1.25. The Hall–Kier alpha value is -3.91. The molecule has 2 aromatic carbocycles. The molecule has 12 N–H and O–H groups in total. The molecule has 0 unspecified atom stereocenters. The molecule has 4 heterocycles. The summed E-state index contributed by atoms with van der Waals surface area (Å²) >= 11 is 0. The molecule has 21 heteroatoms. The van der Waals surface area contributed by atoms with Gasteiger partial charge < -0.3 is 98.9 Å². The number of aliphatic hydroxyl groups is 10. The lowest BCUT2D eigenvalue weighted by atomic mass is 9.98. The second kappa shape index (κ2) is 16.3. The van der Waals surface area contributed by atoms with E-state index in [1.54, 1.807) is 0 Å². The molecule has 0 bridgehead atoms. The fraction of sp³-hybridized carbons (Fsp3) is 0.559. The molecule has 0 saturated carbocycles. The van der Waals surface area contributed by atoms with Crippen LogP contribution in [0.25, 0.3) is 22.3 Å². The summed E-state index contributed by atoms with van der Waals surface area (Å²) in [6, 6.07) is 5.84. The zero-order valence-electron chi connectivity index (χ0n) is 29.0. The molecule has 3 saturated heterocycles. The van der Waals surface area contributed by atoms with Crippen LogP contribution in [0.2, 0.25) is 0 Å². The highest BCUT2D eigenvalue weighted by atomic mass is 16.7. The number of hydrogen-bond acceptors (Lipinski definition) is 21. The van der Waals surface area contributed by atoms with Crippen LogP contribution < -0.4 is 19.6 Å². The molecule has 3 fully saturated rings.